The molecule has 1 N–H and O–H groups in total. The van der Waals surface area contributed by atoms with Gasteiger partial charge in [0.25, 0.3) is 0 Å². The van der Waals surface area contributed by atoms with E-state index in [4.69, 9.17) is 0 Å². The molecule has 0 fully saturated rings. The Morgan fingerprint density at radius 1 is 1.22 bits per heavy atom. The molecule has 0 aliphatic heterocycles. The van der Waals surface area contributed by atoms with Crippen LogP contribution in [0.1, 0.15) is 32.3 Å². The van der Waals surface area contributed by atoms with E-state index in [1.807, 2.05) is 25.3 Å². The summed E-state index contributed by atoms with van der Waals surface area (Å²) in [7, 11) is 1.80. The third-order valence-corrected chi connectivity index (χ3v) is 4.03. The van der Waals surface area contributed by atoms with Gasteiger partial charge in [-0.1, -0.05) is 26.0 Å². The summed E-state index contributed by atoms with van der Waals surface area (Å²) in [4.78, 5) is 13.6. The van der Waals surface area contributed by atoms with E-state index >= 15 is 0 Å². The van der Waals surface area contributed by atoms with Crippen molar-refractivity contribution in [1.82, 2.24) is 4.90 Å². The highest BCUT2D eigenvalue weighted by Gasteiger charge is 2.14. The predicted molar refractivity (Wildman–Crippen MR) is 80.3 cm³/mol. The molecule has 0 aromatic heterocycles. The summed E-state index contributed by atoms with van der Waals surface area (Å²) in [5.74, 6) is 0.508. The highest BCUT2D eigenvalue weighted by atomic mass is 32.2. The number of amides is 2. The molecule has 2 amide bonds. The van der Waals surface area contributed by atoms with Gasteiger partial charge in [0.1, 0.15) is 0 Å². The maximum Gasteiger partial charge on any atom is 0.322 e. The fourth-order valence-electron chi connectivity index (χ4n) is 1.49. The smallest absolute Gasteiger partial charge is 0.316 e. The number of thioether (sulfide) groups is 1. The van der Waals surface area contributed by atoms with Gasteiger partial charge in [0.2, 0.25) is 0 Å². The van der Waals surface area contributed by atoms with Crippen molar-refractivity contribution in [3.63, 3.8) is 0 Å². The highest BCUT2D eigenvalue weighted by Crippen LogP contribution is 2.18. The monoisotopic (exact) mass is 266 g/mol. The molecule has 18 heavy (non-hydrogen) atoms. The molecule has 0 aliphatic carbocycles. The Morgan fingerprint density at radius 2 is 1.78 bits per heavy atom. The number of nitrogens with zero attached hydrogens (tertiary/aromatic N) is 1. The largest absolute Gasteiger partial charge is 0.322 e. The van der Waals surface area contributed by atoms with Crippen molar-refractivity contribution >= 4 is 23.5 Å². The summed E-state index contributed by atoms with van der Waals surface area (Å²) in [5.41, 5.74) is 2.11. The number of hydrogen-bond acceptors (Lipinski definition) is 2. The molecule has 1 rings (SSSR count). The number of benzene rings is 1. The van der Waals surface area contributed by atoms with Crippen LogP contribution >= 0.6 is 11.8 Å². The summed E-state index contributed by atoms with van der Waals surface area (Å²) < 4.78 is 0. The van der Waals surface area contributed by atoms with Crippen LogP contribution in [0.4, 0.5) is 10.5 Å². The van der Waals surface area contributed by atoms with E-state index in [9.17, 15) is 4.79 Å². The van der Waals surface area contributed by atoms with Gasteiger partial charge in [-0.05, 0) is 36.8 Å². The normalized spacial score (nSPS) is 12.3. The van der Waals surface area contributed by atoms with Crippen LogP contribution in [-0.4, -0.2) is 29.6 Å². The second kappa shape index (κ2) is 6.69. The molecule has 0 bridgehead atoms. The molecular weight excluding hydrogens is 244 g/mol. The second-order valence-corrected chi connectivity index (χ2v) is 5.81. The predicted octanol–water partition coefficient (Wildman–Crippen LogP) is 3.98. The van der Waals surface area contributed by atoms with E-state index in [2.05, 4.69) is 31.3 Å². The van der Waals surface area contributed by atoms with Crippen molar-refractivity contribution in [2.24, 2.45) is 0 Å². The van der Waals surface area contributed by atoms with Gasteiger partial charge in [0.15, 0.2) is 0 Å². The Labute approximate surface area is 114 Å². The van der Waals surface area contributed by atoms with Crippen LogP contribution in [0.2, 0.25) is 0 Å². The fraction of sp³-hybridized carbons (Fsp3) is 0.500. The lowest BCUT2D eigenvalue weighted by molar-refractivity contribution is 0.221. The minimum atomic E-state index is -0.0749. The third kappa shape index (κ3) is 3.95. The lowest BCUT2D eigenvalue weighted by Gasteiger charge is -2.23. The molecule has 4 heteroatoms. The van der Waals surface area contributed by atoms with Gasteiger partial charge < -0.3 is 10.2 Å². The first-order valence-corrected chi connectivity index (χ1v) is 7.41. The van der Waals surface area contributed by atoms with Crippen LogP contribution in [0.25, 0.3) is 0 Å². The molecule has 100 valence electrons. The molecule has 0 radical (unpaired) electrons. The van der Waals surface area contributed by atoms with Crippen LogP contribution < -0.4 is 5.32 Å². The van der Waals surface area contributed by atoms with Crippen molar-refractivity contribution in [2.75, 3.05) is 18.6 Å². The Morgan fingerprint density at radius 3 is 2.22 bits per heavy atom. The number of carbonyl (C=O) groups excluding carboxylic acids is 1. The van der Waals surface area contributed by atoms with Crippen molar-refractivity contribution in [3.05, 3.63) is 29.8 Å². The van der Waals surface area contributed by atoms with Gasteiger partial charge in [-0.15, -0.1) is 11.8 Å². The maximum atomic E-state index is 11.9. The number of carbonyl (C=O) groups is 1. The summed E-state index contributed by atoms with van der Waals surface area (Å²) in [6.07, 6.45) is 1.99. The van der Waals surface area contributed by atoms with Gasteiger partial charge in [-0.3, -0.25) is 0 Å². The first kappa shape index (κ1) is 14.9. The van der Waals surface area contributed by atoms with Crippen LogP contribution in [0.5, 0.6) is 0 Å². The molecule has 1 atom stereocenters. The average molecular weight is 266 g/mol. The van der Waals surface area contributed by atoms with Crippen LogP contribution in [0, 0.1) is 0 Å². The van der Waals surface area contributed by atoms with Crippen LogP contribution in [0.15, 0.2) is 24.3 Å². The van der Waals surface area contributed by atoms with Gasteiger partial charge in [-0.2, -0.15) is 0 Å². The lowest BCUT2D eigenvalue weighted by Crippen LogP contribution is -2.36. The Hall–Kier alpha value is -1.16. The Balaban J connectivity index is 2.65. The van der Waals surface area contributed by atoms with Crippen molar-refractivity contribution in [1.29, 1.82) is 0 Å². The van der Waals surface area contributed by atoms with Gasteiger partial charge in [-0.25, -0.2) is 4.79 Å². The summed E-state index contributed by atoms with van der Waals surface area (Å²) >= 11 is 1.64. The molecule has 0 saturated heterocycles. The quantitative estimate of drug-likeness (QED) is 0.836. The lowest BCUT2D eigenvalue weighted by atomic mass is 10.0. The maximum absolute atomic E-state index is 11.9. The number of hydrogen-bond donors (Lipinski definition) is 1. The minimum absolute atomic E-state index is 0.0749. The molecule has 1 aromatic carbocycles. The highest BCUT2D eigenvalue weighted by molar-refractivity contribution is 7.99. The summed E-state index contributed by atoms with van der Waals surface area (Å²) in [5, 5.41) is 3.06. The fourth-order valence-corrected chi connectivity index (χ4v) is 1.90. The molecule has 0 spiro atoms. The zero-order valence-electron chi connectivity index (χ0n) is 11.7. The molecular formula is C14H22N2OS. The minimum Gasteiger partial charge on any atom is -0.316 e. The molecule has 0 saturated carbocycles. The van der Waals surface area contributed by atoms with E-state index in [1.165, 1.54) is 5.56 Å². The van der Waals surface area contributed by atoms with Gasteiger partial charge in [0.05, 0.1) is 5.37 Å². The molecule has 1 unspecified atom stereocenters. The van der Waals surface area contributed by atoms with E-state index in [0.717, 1.165) is 5.69 Å². The topological polar surface area (TPSA) is 32.3 Å². The first-order valence-electron chi connectivity index (χ1n) is 6.12. The van der Waals surface area contributed by atoms with E-state index in [1.54, 1.807) is 23.7 Å². The standard InChI is InChI=1S/C14H22N2OS/c1-10(2)12-6-8-13(9-7-12)15-14(17)16(4)11(3)18-5/h6-11H,1-5H3,(H,15,17). The number of nitrogens with one attached hydrogen (secondary N) is 1. The molecule has 3 nitrogen and oxygen atoms in total. The van der Waals surface area contributed by atoms with Gasteiger partial charge in [0, 0.05) is 12.7 Å². The summed E-state index contributed by atoms with van der Waals surface area (Å²) in [6.45, 7) is 6.31. The van der Waals surface area contributed by atoms with Crippen molar-refractivity contribution in [2.45, 2.75) is 32.1 Å². The van der Waals surface area contributed by atoms with Crippen LogP contribution in [0.3, 0.4) is 0 Å². The van der Waals surface area contributed by atoms with E-state index in [0.29, 0.717) is 5.92 Å². The Bertz CT molecular complexity index is 389. The van der Waals surface area contributed by atoms with Gasteiger partial charge >= 0.3 is 6.03 Å². The SMILES string of the molecule is CSC(C)N(C)C(=O)Nc1ccc(C(C)C)cc1. The number of urea groups is 1. The molecule has 0 heterocycles. The molecule has 1 aromatic rings. The first-order chi connectivity index (χ1) is 8.45. The number of rotatable bonds is 4. The third-order valence-electron chi connectivity index (χ3n) is 3.04. The van der Waals surface area contributed by atoms with E-state index < -0.39 is 0 Å². The van der Waals surface area contributed by atoms with Crippen molar-refractivity contribution in [3.8, 4) is 0 Å². The summed E-state index contributed by atoms with van der Waals surface area (Å²) in [6, 6.07) is 7.93. The Kier molecular flexibility index (Phi) is 5.54. The van der Waals surface area contributed by atoms with E-state index in [-0.39, 0.29) is 11.4 Å². The zero-order chi connectivity index (χ0) is 13.7. The average Bonchev–Trinajstić information content (AvgIpc) is 2.37. The number of anilines is 1. The van der Waals surface area contributed by atoms with Crippen LogP contribution in [-0.2, 0) is 0 Å². The second-order valence-electron chi connectivity index (χ2n) is 4.65. The molecule has 0 aliphatic rings. The van der Waals surface area contributed by atoms with Crippen molar-refractivity contribution < 1.29 is 4.79 Å². The zero-order valence-corrected chi connectivity index (χ0v) is 12.5.